The largest absolute Gasteiger partial charge is 0.496 e. The van der Waals surface area contributed by atoms with E-state index in [-0.39, 0.29) is 12.6 Å². The summed E-state index contributed by atoms with van der Waals surface area (Å²) in [7, 11) is 1.62. The first-order valence-corrected chi connectivity index (χ1v) is 6.44. The Morgan fingerprint density at radius 3 is 2.58 bits per heavy atom. The molecule has 1 N–H and O–H groups in total. The van der Waals surface area contributed by atoms with E-state index < -0.39 is 0 Å². The van der Waals surface area contributed by atoms with Crippen LogP contribution >= 0.6 is 0 Å². The minimum atomic E-state index is -0.245. The van der Waals surface area contributed by atoms with Crippen LogP contribution in [0.2, 0.25) is 0 Å². The molecule has 0 aromatic heterocycles. The van der Waals surface area contributed by atoms with Crippen LogP contribution in [0.25, 0.3) is 10.4 Å². The molecule has 0 saturated carbocycles. The first kappa shape index (κ1) is 15.3. The molecule has 0 saturated heterocycles. The lowest BCUT2D eigenvalue weighted by Gasteiger charge is -2.17. The maximum Gasteiger partial charge on any atom is 0.122 e. The number of aryl methyl sites for hydroxylation is 2. The van der Waals surface area contributed by atoms with Crippen LogP contribution in [0.4, 0.5) is 0 Å². The van der Waals surface area contributed by atoms with E-state index in [1.807, 2.05) is 26.0 Å². The maximum absolute atomic E-state index is 8.83. The highest BCUT2D eigenvalue weighted by atomic mass is 16.5. The van der Waals surface area contributed by atoms with Crippen molar-refractivity contribution in [3.8, 4) is 5.75 Å². The van der Waals surface area contributed by atoms with Gasteiger partial charge in [0.2, 0.25) is 0 Å². The Balaban J connectivity index is 3.06. The molecule has 1 aromatic carbocycles. The van der Waals surface area contributed by atoms with E-state index in [4.69, 9.17) is 15.4 Å². The number of nitrogens with zero attached hydrogens (tertiary/aromatic N) is 3. The van der Waals surface area contributed by atoms with Crippen molar-refractivity contribution in [2.45, 2.75) is 39.2 Å². The Morgan fingerprint density at radius 2 is 2.00 bits per heavy atom. The van der Waals surface area contributed by atoms with Crippen molar-refractivity contribution in [2.24, 2.45) is 5.11 Å². The van der Waals surface area contributed by atoms with Gasteiger partial charge in [0.1, 0.15) is 5.75 Å². The number of unbranched alkanes of at least 4 members (excludes halogenated alkanes) is 1. The predicted octanol–water partition coefficient (Wildman–Crippen LogP) is 3.83. The SMILES string of the molecule is COc1cc(C)c(C)cc1C(CCCCO)N=[N+]=[N-]. The Kier molecular flexibility index (Phi) is 6.19. The number of ether oxygens (including phenoxy) is 1. The number of hydrogen-bond acceptors (Lipinski definition) is 3. The number of methoxy groups -OCH3 is 1. The minimum absolute atomic E-state index is 0.160. The van der Waals surface area contributed by atoms with Crippen LogP contribution in [0, 0.1) is 13.8 Å². The summed E-state index contributed by atoms with van der Waals surface area (Å²) in [5.74, 6) is 0.754. The van der Waals surface area contributed by atoms with E-state index in [0.29, 0.717) is 12.8 Å². The van der Waals surface area contributed by atoms with Gasteiger partial charge in [0, 0.05) is 17.1 Å². The van der Waals surface area contributed by atoms with Crippen molar-refractivity contribution in [1.82, 2.24) is 0 Å². The molecule has 1 rings (SSSR count). The molecule has 5 nitrogen and oxygen atoms in total. The fourth-order valence-electron chi connectivity index (χ4n) is 2.04. The van der Waals surface area contributed by atoms with Crippen LogP contribution < -0.4 is 4.74 Å². The number of rotatable bonds is 7. The topological polar surface area (TPSA) is 78.2 Å². The fraction of sp³-hybridized carbons (Fsp3) is 0.571. The number of azide groups is 1. The van der Waals surface area contributed by atoms with Crippen molar-refractivity contribution >= 4 is 0 Å². The van der Waals surface area contributed by atoms with Crippen molar-refractivity contribution in [3.05, 3.63) is 39.3 Å². The Labute approximate surface area is 113 Å². The zero-order valence-corrected chi connectivity index (χ0v) is 11.8. The second kappa shape index (κ2) is 7.67. The molecule has 1 aromatic rings. The Morgan fingerprint density at radius 1 is 1.32 bits per heavy atom. The molecule has 0 radical (unpaired) electrons. The summed E-state index contributed by atoms with van der Waals surface area (Å²) in [5.41, 5.74) is 11.9. The standard InChI is InChI=1S/C14H21N3O2/c1-10-8-12(14(19-3)9-11(10)2)13(16-17-15)6-4-5-7-18/h8-9,13,18H,4-7H2,1-3H3. The highest BCUT2D eigenvalue weighted by Gasteiger charge is 2.15. The molecule has 0 aliphatic rings. The molecule has 0 bridgehead atoms. The predicted molar refractivity (Wildman–Crippen MR) is 75.3 cm³/mol. The van der Waals surface area contributed by atoms with Crippen molar-refractivity contribution in [3.63, 3.8) is 0 Å². The summed E-state index contributed by atoms with van der Waals surface area (Å²) in [6.45, 7) is 4.21. The lowest BCUT2D eigenvalue weighted by atomic mass is 9.96. The van der Waals surface area contributed by atoms with Crippen LogP contribution in [0.15, 0.2) is 17.2 Å². The summed E-state index contributed by atoms with van der Waals surface area (Å²) in [5, 5.41) is 12.7. The molecule has 0 amide bonds. The maximum atomic E-state index is 8.83. The number of hydrogen-bond donors (Lipinski definition) is 1. The lowest BCUT2D eigenvalue weighted by molar-refractivity contribution is 0.281. The van der Waals surface area contributed by atoms with Gasteiger partial charge in [-0.3, -0.25) is 0 Å². The summed E-state index contributed by atoms with van der Waals surface area (Å²) >= 11 is 0. The highest BCUT2D eigenvalue weighted by Crippen LogP contribution is 2.33. The third-order valence-corrected chi connectivity index (χ3v) is 3.28. The quantitative estimate of drug-likeness (QED) is 0.351. The van der Waals surface area contributed by atoms with Gasteiger partial charge in [0.25, 0.3) is 0 Å². The van der Waals surface area contributed by atoms with Gasteiger partial charge in [-0.05, 0) is 49.4 Å². The van der Waals surface area contributed by atoms with Gasteiger partial charge < -0.3 is 9.84 Å². The molecule has 104 valence electrons. The van der Waals surface area contributed by atoms with Gasteiger partial charge in [0.15, 0.2) is 0 Å². The van der Waals surface area contributed by atoms with Crippen LogP contribution in [-0.4, -0.2) is 18.8 Å². The molecule has 5 heteroatoms. The fourth-order valence-corrected chi connectivity index (χ4v) is 2.04. The van der Waals surface area contributed by atoms with Gasteiger partial charge in [-0.25, -0.2) is 0 Å². The van der Waals surface area contributed by atoms with E-state index in [9.17, 15) is 0 Å². The Hall–Kier alpha value is -1.71. The zero-order chi connectivity index (χ0) is 14.3. The molecule has 0 aliphatic carbocycles. The summed E-state index contributed by atoms with van der Waals surface area (Å²) in [6.07, 6.45) is 2.24. The zero-order valence-electron chi connectivity index (χ0n) is 11.8. The van der Waals surface area contributed by atoms with E-state index in [1.54, 1.807) is 7.11 Å². The number of aliphatic hydroxyl groups is 1. The van der Waals surface area contributed by atoms with E-state index in [0.717, 1.165) is 28.9 Å². The molecule has 1 atom stereocenters. The lowest BCUT2D eigenvalue weighted by Crippen LogP contribution is -2.01. The first-order valence-electron chi connectivity index (χ1n) is 6.44. The van der Waals surface area contributed by atoms with Crippen LogP contribution in [0.1, 0.15) is 42.0 Å². The molecule has 0 fully saturated rings. The number of benzene rings is 1. The average Bonchev–Trinajstić information content (AvgIpc) is 2.40. The third-order valence-electron chi connectivity index (χ3n) is 3.28. The third kappa shape index (κ3) is 4.16. The van der Waals surface area contributed by atoms with Crippen LogP contribution in [0.5, 0.6) is 5.75 Å². The number of aliphatic hydroxyl groups excluding tert-OH is 1. The molecule has 19 heavy (non-hydrogen) atoms. The van der Waals surface area contributed by atoms with Crippen LogP contribution in [-0.2, 0) is 0 Å². The van der Waals surface area contributed by atoms with Crippen LogP contribution in [0.3, 0.4) is 0 Å². The second-order valence-corrected chi connectivity index (χ2v) is 4.62. The van der Waals surface area contributed by atoms with E-state index in [1.165, 1.54) is 0 Å². The van der Waals surface area contributed by atoms with Crippen molar-refractivity contribution in [1.29, 1.82) is 0 Å². The van der Waals surface area contributed by atoms with Gasteiger partial charge >= 0.3 is 0 Å². The average molecular weight is 263 g/mol. The summed E-state index contributed by atoms with van der Waals surface area (Å²) in [6, 6.07) is 3.74. The summed E-state index contributed by atoms with van der Waals surface area (Å²) in [4.78, 5) is 2.93. The molecule has 0 heterocycles. The molecular formula is C14H21N3O2. The normalized spacial score (nSPS) is 11.8. The van der Waals surface area contributed by atoms with E-state index >= 15 is 0 Å². The molecule has 0 aliphatic heterocycles. The minimum Gasteiger partial charge on any atom is -0.496 e. The second-order valence-electron chi connectivity index (χ2n) is 4.62. The van der Waals surface area contributed by atoms with Gasteiger partial charge in [-0.2, -0.15) is 0 Å². The van der Waals surface area contributed by atoms with Gasteiger partial charge in [0.05, 0.1) is 13.2 Å². The smallest absolute Gasteiger partial charge is 0.122 e. The molecular weight excluding hydrogens is 242 g/mol. The monoisotopic (exact) mass is 263 g/mol. The van der Waals surface area contributed by atoms with Crippen molar-refractivity contribution < 1.29 is 9.84 Å². The molecule has 0 spiro atoms. The van der Waals surface area contributed by atoms with Crippen molar-refractivity contribution in [2.75, 3.05) is 13.7 Å². The first-order chi connectivity index (χ1) is 9.13. The van der Waals surface area contributed by atoms with Gasteiger partial charge in [-0.15, -0.1) is 0 Å². The highest BCUT2D eigenvalue weighted by molar-refractivity contribution is 5.43. The molecule has 1 unspecified atom stereocenters. The van der Waals surface area contributed by atoms with E-state index in [2.05, 4.69) is 10.0 Å². The van der Waals surface area contributed by atoms with Gasteiger partial charge in [-0.1, -0.05) is 17.6 Å². The Bertz CT molecular complexity index is 468. The summed E-state index contributed by atoms with van der Waals surface area (Å²) < 4.78 is 5.38.